The van der Waals surface area contributed by atoms with Crippen LogP contribution in [-0.4, -0.2) is 74.3 Å². The fraction of sp³-hybridized carbons (Fsp3) is 0.821. The summed E-state index contributed by atoms with van der Waals surface area (Å²) in [6.45, 7) is 6.97. The summed E-state index contributed by atoms with van der Waals surface area (Å²) in [4.78, 5) is 37.7. The van der Waals surface area contributed by atoms with Crippen molar-refractivity contribution in [2.75, 3.05) is 40.9 Å². The Morgan fingerprint density at radius 2 is 0.831 bits per heavy atom. The van der Waals surface area contributed by atoms with Crippen LogP contribution in [0.15, 0.2) is 60.8 Å². The molecule has 9 nitrogen and oxygen atoms in total. The van der Waals surface area contributed by atoms with Crippen LogP contribution in [0, 0.1) is 0 Å². The minimum absolute atomic E-state index is 0.0379. The van der Waals surface area contributed by atoms with Crippen molar-refractivity contribution in [3.63, 3.8) is 0 Å². The van der Waals surface area contributed by atoms with E-state index in [4.69, 9.17) is 13.8 Å². The molecule has 0 saturated heterocycles. The second kappa shape index (κ2) is 57.0. The van der Waals surface area contributed by atoms with E-state index in [0.717, 1.165) is 83.5 Å². The van der Waals surface area contributed by atoms with Crippen LogP contribution in [0.1, 0.15) is 303 Å². The molecule has 0 heterocycles. The normalized spacial score (nSPS) is 14.0. The molecule has 450 valence electrons. The molecule has 77 heavy (non-hydrogen) atoms. The Labute approximate surface area is 477 Å². The van der Waals surface area contributed by atoms with Gasteiger partial charge in [0.25, 0.3) is 0 Å². The lowest BCUT2D eigenvalue weighted by molar-refractivity contribution is -0.870. The number of esters is 1. The molecule has 3 atom stereocenters. The quantitative estimate of drug-likeness (QED) is 0.0156. The first-order valence-electron chi connectivity index (χ1n) is 32.6. The van der Waals surface area contributed by atoms with Crippen LogP contribution >= 0.6 is 7.82 Å². The van der Waals surface area contributed by atoms with E-state index in [1.807, 2.05) is 33.3 Å². The highest BCUT2D eigenvalue weighted by molar-refractivity contribution is 7.47. The SMILES string of the molecule is CCCCC/C=C\C/C=C\CCCCCCCCCCCCCCCCCC(=O)NC(COP(=O)(O)OCC[N+](C)(C)C)C(/C=C\CCCCCCCCCCC)OC(=O)CCCCCCCC/C=C/C=C/CCCCC. The first kappa shape index (κ1) is 74.7. The average Bonchev–Trinajstić information content (AvgIpc) is 3.39. The van der Waals surface area contributed by atoms with Crippen molar-refractivity contribution < 1.29 is 37.3 Å². The number of hydrogen-bond donors (Lipinski definition) is 2. The zero-order valence-corrected chi connectivity index (χ0v) is 52.3. The van der Waals surface area contributed by atoms with E-state index in [1.54, 1.807) is 0 Å². The third kappa shape index (κ3) is 58.2. The van der Waals surface area contributed by atoms with Gasteiger partial charge in [-0.15, -0.1) is 0 Å². The van der Waals surface area contributed by atoms with Crippen LogP contribution < -0.4 is 5.32 Å². The molecule has 2 N–H and O–H groups in total. The lowest BCUT2D eigenvalue weighted by Gasteiger charge is -2.27. The topological polar surface area (TPSA) is 111 Å². The molecule has 0 saturated carbocycles. The van der Waals surface area contributed by atoms with Crippen LogP contribution in [0.2, 0.25) is 0 Å². The van der Waals surface area contributed by atoms with Gasteiger partial charge in [-0.25, -0.2) is 4.57 Å². The van der Waals surface area contributed by atoms with E-state index in [1.165, 1.54) is 186 Å². The highest BCUT2D eigenvalue weighted by atomic mass is 31.2. The molecule has 0 aliphatic heterocycles. The maximum atomic E-state index is 13.6. The van der Waals surface area contributed by atoms with Crippen LogP contribution in [0.4, 0.5) is 0 Å². The number of rotatable bonds is 59. The Morgan fingerprint density at radius 1 is 0.468 bits per heavy atom. The van der Waals surface area contributed by atoms with Crippen molar-refractivity contribution in [1.82, 2.24) is 5.32 Å². The summed E-state index contributed by atoms with van der Waals surface area (Å²) in [5.41, 5.74) is 0. The number of amides is 1. The van der Waals surface area contributed by atoms with Gasteiger partial charge in [0.05, 0.1) is 33.8 Å². The molecule has 0 aromatic rings. The standard InChI is InChI=1S/C67H125N2O7P/c1-7-10-13-16-19-22-25-27-29-30-31-32-33-34-35-36-37-38-40-41-44-47-50-53-56-59-66(70)68-64(63-75-77(72,73)74-62-61-69(4,5)6)65(58-55-52-49-46-43-24-21-18-15-12-9-3)76-67(71)60-57-54-51-48-45-42-39-28-26-23-20-17-14-11-8-2/h19-20,22-23,26-29,55,58,64-65H,7-18,21,24-25,30-54,56-57,59-63H2,1-6H3,(H-,68,70,72,73)/p+1/b22-19-,23-20+,28-26+,29-27-,58-55-. The predicted molar refractivity (Wildman–Crippen MR) is 332 cm³/mol. The van der Waals surface area contributed by atoms with Crippen LogP contribution in [0.5, 0.6) is 0 Å². The molecular formula is C67H126N2O7P+. The summed E-state index contributed by atoms with van der Waals surface area (Å²) >= 11 is 0. The van der Waals surface area contributed by atoms with Gasteiger partial charge in [0.15, 0.2) is 0 Å². The van der Waals surface area contributed by atoms with E-state index in [2.05, 4.69) is 74.7 Å². The number of likely N-dealkylation sites (N-methyl/N-ethyl adjacent to an activating group) is 1. The number of nitrogens with zero attached hydrogens (tertiary/aromatic N) is 1. The summed E-state index contributed by atoms with van der Waals surface area (Å²) in [6, 6.07) is -0.853. The smallest absolute Gasteiger partial charge is 0.456 e. The second-order valence-corrected chi connectivity index (χ2v) is 24.8. The molecule has 0 aromatic heterocycles. The Bertz CT molecular complexity index is 1500. The number of unbranched alkanes of at least 4 members (excludes halogenated alkanes) is 36. The van der Waals surface area contributed by atoms with Crippen molar-refractivity contribution >= 4 is 19.7 Å². The van der Waals surface area contributed by atoms with Crippen LogP contribution in [0.3, 0.4) is 0 Å². The number of phosphoric ester groups is 1. The van der Waals surface area contributed by atoms with E-state index in [-0.39, 0.29) is 31.5 Å². The molecule has 3 unspecified atom stereocenters. The third-order valence-electron chi connectivity index (χ3n) is 14.5. The van der Waals surface area contributed by atoms with Gasteiger partial charge in [0, 0.05) is 12.8 Å². The van der Waals surface area contributed by atoms with Crippen LogP contribution in [-0.2, 0) is 27.9 Å². The Morgan fingerprint density at radius 3 is 1.27 bits per heavy atom. The summed E-state index contributed by atoms with van der Waals surface area (Å²) in [7, 11) is 1.49. The molecule has 1 amide bonds. The number of phosphoric acid groups is 1. The summed E-state index contributed by atoms with van der Waals surface area (Å²) < 4.78 is 30.7. The van der Waals surface area contributed by atoms with Gasteiger partial charge in [0.2, 0.25) is 5.91 Å². The molecule has 10 heteroatoms. The highest BCUT2D eigenvalue weighted by Crippen LogP contribution is 2.43. The third-order valence-corrected chi connectivity index (χ3v) is 15.4. The predicted octanol–water partition coefficient (Wildman–Crippen LogP) is 20.2. The fourth-order valence-corrected chi connectivity index (χ4v) is 10.1. The number of nitrogens with one attached hydrogen (secondary N) is 1. The van der Waals surface area contributed by atoms with E-state index < -0.39 is 20.0 Å². The monoisotopic (exact) mass is 1100 g/mol. The Balaban J connectivity index is 5.06. The highest BCUT2D eigenvalue weighted by Gasteiger charge is 2.30. The molecule has 0 aromatic carbocycles. The first-order valence-corrected chi connectivity index (χ1v) is 34.1. The van der Waals surface area contributed by atoms with Gasteiger partial charge in [-0.05, 0) is 89.5 Å². The van der Waals surface area contributed by atoms with Crippen molar-refractivity contribution in [3.05, 3.63) is 60.8 Å². The number of carbonyl (C=O) groups excluding carboxylic acids is 2. The number of hydrogen-bond acceptors (Lipinski definition) is 6. The van der Waals surface area contributed by atoms with E-state index in [0.29, 0.717) is 17.4 Å². The zero-order chi connectivity index (χ0) is 56.4. The minimum atomic E-state index is -4.45. The lowest BCUT2D eigenvalue weighted by Crippen LogP contribution is -2.47. The summed E-state index contributed by atoms with van der Waals surface area (Å²) in [5.74, 6) is -0.512. The van der Waals surface area contributed by atoms with Gasteiger partial charge in [-0.3, -0.25) is 18.6 Å². The van der Waals surface area contributed by atoms with Gasteiger partial charge in [-0.2, -0.15) is 0 Å². The van der Waals surface area contributed by atoms with Crippen molar-refractivity contribution in [3.8, 4) is 0 Å². The van der Waals surface area contributed by atoms with E-state index >= 15 is 0 Å². The van der Waals surface area contributed by atoms with Crippen molar-refractivity contribution in [1.29, 1.82) is 0 Å². The molecule has 0 radical (unpaired) electrons. The fourth-order valence-electron chi connectivity index (χ4n) is 9.37. The van der Waals surface area contributed by atoms with Crippen LogP contribution in [0.25, 0.3) is 0 Å². The molecular weight excluding hydrogens is 976 g/mol. The molecule has 0 fully saturated rings. The number of ether oxygens (including phenoxy) is 1. The summed E-state index contributed by atoms with van der Waals surface area (Å²) in [5, 5.41) is 3.06. The Hall–Kier alpha value is -2.29. The second-order valence-electron chi connectivity index (χ2n) is 23.3. The maximum Gasteiger partial charge on any atom is 0.472 e. The lowest BCUT2D eigenvalue weighted by atomic mass is 10.0. The van der Waals surface area contributed by atoms with Crippen molar-refractivity contribution in [2.24, 2.45) is 0 Å². The largest absolute Gasteiger partial charge is 0.472 e. The Kier molecular flexibility index (Phi) is 55.3. The van der Waals surface area contributed by atoms with Crippen molar-refractivity contribution in [2.45, 2.75) is 315 Å². The molecule has 0 spiro atoms. The molecule has 0 aliphatic rings. The van der Waals surface area contributed by atoms with Gasteiger partial charge >= 0.3 is 13.8 Å². The first-order chi connectivity index (χ1) is 37.4. The summed E-state index contributed by atoms with van der Waals surface area (Å²) in [6.07, 6.45) is 72.2. The zero-order valence-electron chi connectivity index (χ0n) is 51.5. The van der Waals surface area contributed by atoms with Gasteiger partial charge < -0.3 is 19.4 Å². The number of quaternary nitrogens is 1. The maximum absolute atomic E-state index is 13.6. The number of carbonyl (C=O) groups is 2. The molecule has 0 bridgehead atoms. The number of allylic oxidation sites excluding steroid dienone is 9. The average molecular weight is 1100 g/mol. The van der Waals surface area contributed by atoms with E-state index in [9.17, 15) is 19.0 Å². The molecule has 0 rings (SSSR count). The van der Waals surface area contributed by atoms with Gasteiger partial charge in [0.1, 0.15) is 19.3 Å². The molecule has 0 aliphatic carbocycles. The van der Waals surface area contributed by atoms with Gasteiger partial charge in [-0.1, -0.05) is 262 Å². The minimum Gasteiger partial charge on any atom is -0.456 e.